The number of carbonyl (C=O) groups excluding carboxylic acids is 4. The molecule has 3 aromatic carbocycles. The smallest absolute Gasteiger partial charge is 0.311 e. The second-order valence-electron chi connectivity index (χ2n) is 10.9. The first-order valence-electron chi connectivity index (χ1n) is 14.4. The highest BCUT2D eigenvalue weighted by atomic mass is 32.2. The van der Waals surface area contributed by atoms with Crippen molar-refractivity contribution in [1.29, 1.82) is 0 Å². The second-order valence-corrected chi connectivity index (χ2v) is 12.8. The van der Waals surface area contributed by atoms with Crippen LogP contribution in [-0.4, -0.2) is 63.5 Å². The lowest BCUT2D eigenvalue weighted by Gasteiger charge is -2.33. The van der Waals surface area contributed by atoms with Crippen molar-refractivity contribution in [1.82, 2.24) is 4.90 Å². The number of hydrogen-bond donors (Lipinski definition) is 3. The molecule has 15 heteroatoms. The van der Waals surface area contributed by atoms with E-state index >= 15 is 4.39 Å². The number of rotatable bonds is 11. The first kappa shape index (κ1) is 34.8. The number of anilines is 2. The van der Waals surface area contributed by atoms with E-state index in [1.54, 1.807) is 6.92 Å². The van der Waals surface area contributed by atoms with Crippen LogP contribution in [0.25, 0.3) is 0 Å². The molecular formula is C32H34F2N4O8S. The highest BCUT2D eigenvalue weighted by Crippen LogP contribution is 2.43. The average molecular weight is 673 g/mol. The molecule has 0 saturated carbocycles. The van der Waals surface area contributed by atoms with Crippen molar-refractivity contribution in [3.05, 3.63) is 82.9 Å². The maximum Gasteiger partial charge on any atom is 0.311 e. The first-order chi connectivity index (χ1) is 22.2. The fourth-order valence-corrected chi connectivity index (χ4v) is 6.50. The van der Waals surface area contributed by atoms with E-state index < -0.39 is 63.2 Å². The van der Waals surface area contributed by atoms with Gasteiger partial charge in [-0.25, -0.2) is 17.2 Å². The van der Waals surface area contributed by atoms with Gasteiger partial charge in [0, 0.05) is 31.0 Å². The first-order valence-corrected chi connectivity index (χ1v) is 16.3. The van der Waals surface area contributed by atoms with Crippen molar-refractivity contribution in [2.24, 2.45) is 11.7 Å². The Morgan fingerprint density at radius 1 is 1.04 bits per heavy atom. The van der Waals surface area contributed by atoms with Crippen molar-refractivity contribution < 1.29 is 45.9 Å². The van der Waals surface area contributed by atoms with Crippen molar-refractivity contribution in [2.75, 3.05) is 37.2 Å². The van der Waals surface area contributed by atoms with Crippen LogP contribution in [0.3, 0.4) is 0 Å². The van der Waals surface area contributed by atoms with Crippen molar-refractivity contribution >= 4 is 44.9 Å². The van der Waals surface area contributed by atoms with Crippen molar-refractivity contribution in [3.63, 3.8) is 0 Å². The Balaban J connectivity index is 1.92. The van der Waals surface area contributed by atoms with Gasteiger partial charge in [0.15, 0.2) is 21.4 Å². The Hall–Kier alpha value is -5.05. The summed E-state index contributed by atoms with van der Waals surface area (Å²) in [4.78, 5) is 52.7. The summed E-state index contributed by atoms with van der Waals surface area (Å²) in [5.74, 6) is -5.59. The molecule has 0 aliphatic carbocycles. The van der Waals surface area contributed by atoms with Gasteiger partial charge in [0.2, 0.25) is 17.7 Å². The third-order valence-corrected chi connectivity index (χ3v) is 8.80. The van der Waals surface area contributed by atoms with Gasteiger partial charge in [-0.2, -0.15) is 0 Å². The summed E-state index contributed by atoms with van der Waals surface area (Å²) in [5.41, 5.74) is 5.41. The lowest BCUT2D eigenvalue weighted by atomic mass is 9.92. The second kappa shape index (κ2) is 14.2. The van der Waals surface area contributed by atoms with Crippen LogP contribution in [0.5, 0.6) is 5.75 Å². The van der Waals surface area contributed by atoms with Gasteiger partial charge in [0.1, 0.15) is 11.9 Å². The monoisotopic (exact) mass is 672 g/mol. The van der Waals surface area contributed by atoms with Gasteiger partial charge < -0.3 is 30.7 Å². The minimum absolute atomic E-state index is 0.00982. The van der Waals surface area contributed by atoms with E-state index in [9.17, 15) is 32.0 Å². The fourth-order valence-electron chi connectivity index (χ4n) is 5.57. The Labute approximate surface area is 270 Å². The summed E-state index contributed by atoms with van der Waals surface area (Å²) in [6.45, 7) is 2.80. The van der Waals surface area contributed by atoms with Crippen LogP contribution in [0.2, 0.25) is 0 Å². The van der Waals surface area contributed by atoms with Gasteiger partial charge in [-0.1, -0.05) is 6.07 Å². The highest BCUT2D eigenvalue weighted by Gasteiger charge is 2.46. The Bertz CT molecular complexity index is 1840. The summed E-state index contributed by atoms with van der Waals surface area (Å²) in [5, 5.41) is 5.37. The largest absolute Gasteiger partial charge is 0.494 e. The zero-order chi connectivity index (χ0) is 34.6. The third-order valence-electron chi connectivity index (χ3n) is 7.62. The maximum atomic E-state index is 15.1. The van der Waals surface area contributed by atoms with Crippen LogP contribution in [0, 0.1) is 17.6 Å². The molecule has 1 saturated heterocycles. The topological polar surface area (TPSA) is 174 Å². The number of amides is 3. The molecule has 4 N–H and O–H groups in total. The molecule has 250 valence electrons. The molecule has 1 aliphatic rings. The van der Waals surface area contributed by atoms with Crippen LogP contribution >= 0.6 is 0 Å². The van der Waals surface area contributed by atoms with Gasteiger partial charge in [0.25, 0.3) is 0 Å². The van der Waals surface area contributed by atoms with Gasteiger partial charge in [0.05, 0.1) is 36.3 Å². The zero-order valence-corrected chi connectivity index (χ0v) is 26.8. The fraction of sp³-hybridized carbons (Fsp3) is 0.312. The minimum atomic E-state index is -3.95. The minimum Gasteiger partial charge on any atom is -0.494 e. The molecule has 0 bridgehead atoms. The van der Waals surface area contributed by atoms with Gasteiger partial charge >= 0.3 is 5.97 Å². The number of hydrogen-bond acceptors (Lipinski definition) is 9. The van der Waals surface area contributed by atoms with E-state index in [2.05, 4.69) is 10.6 Å². The molecule has 3 aromatic rings. The van der Waals surface area contributed by atoms with Crippen LogP contribution in [-0.2, 0) is 29.0 Å². The number of benzene rings is 3. The maximum absolute atomic E-state index is 15.1. The van der Waals surface area contributed by atoms with Gasteiger partial charge in [-0.15, -0.1) is 0 Å². The number of sulfone groups is 1. The normalized spacial score (nSPS) is 16.7. The molecule has 0 aromatic heterocycles. The lowest BCUT2D eigenvalue weighted by molar-refractivity contribution is -0.149. The van der Waals surface area contributed by atoms with Crippen molar-refractivity contribution in [3.8, 4) is 5.75 Å². The average Bonchev–Trinajstić information content (AvgIpc) is 3.45. The summed E-state index contributed by atoms with van der Waals surface area (Å²) in [6, 6.07) is 8.12. The van der Waals surface area contributed by atoms with Gasteiger partial charge in [-0.05, 0) is 73.0 Å². The molecule has 0 unspecified atom stereocenters. The molecule has 3 amide bonds. The molecule has 0 radical (unpaired) electrons. The van der Waals surface area contributed by atoms with Crippen LogP contribution in [0.4, 0.5) is 20.2 Å². The molecule has 1 fully saturated rings. The number of nitrogens with one attached hydrogen (secondary N) is 2. The predicted molar refractivity (Wildman–Crippen MR) is 167 cm³/mol. The van der Waals surface area contributed by atoms with E-state index in [4.69, 9.17) is 15.2 Å². The van der Waals surface area contributed by atoms with E-state index in [-0.39, 0.29) is 58.3 Å². The number of halogens is 2. The van der Waals surface area contributed by atoms with E-state index in [0.29, 0.717) is 0 Å². The molecular weight excluding hydrogens is 638 g/mol. The molecule has 4 rings (SSSR count). The SMILES string of the molecule is CCOC(=O)[C@@H]1CCN(C(=O)[C@H](Nc2cc(C(N)=O)ccc2F)c2ccc(F)c(OC)c2)[C@H]1c1cc(NC(C)=O)ccc1S(C)(=O)=O. The molecule has 3 atom stereocenters. The Morgan fingerprint density at radius 2 is 1.74 bits per heavy atom. The lowest BCUT2D eigenvalue weighted by Crippen LogP contribution is -2.40. The highest BCUT2D eigenvalue weighted by molar-refractivity contribution is 7.90. The van der Waals surface area contributed by atoms with Crippen molar-refractivity contribution in [2.45, 2.75) is 37.2 Å². The quantitative estimate of drug-likeness (QED) is 0.257. The number of carbonyl (C=O) groups is 4. The summed E-state index contributed by atoms with van der Waals surface area (Å²) < 4.78 is 66.0. The molecule has 47 heavy (non-hydrogen) atoms. The summed E-state index contributed by atoms with van der Waals surface area (Å²) in [6.07, 6.45) is 1.03. The van der Waals surface area contributed by atoms with Crippen LogP contribution in [0.15, 0.2) is 59.5 Å². The molecule has 1 aliphatic heterocycles. The molecule has 12 nitrogen and oxygen atoms in total. The standard InChI is InChI=1S/C32H34F2N4O8S/c1-5-46-32(42)21-12-13-38(29(21)22-16-20(36-17(2)39)8-11-27(22)47(4,43)44)31(41)28(18-6-10-24(34)26(15-18)45-3)37-25-14-19(30(35)40)7-9-23(25)33/h6-11,14-16,21,28-29,37H,5,12-13H2,1-4H3,(H2,35,40)(H,36,39)/t21-,28-,29-/m1/s1. The van der Waals surface area contributed by atoms with E-state index in [0.717, 1.165) is 30.5 Å². The number of esters is 1. The molecule has 0 spiro atoms. The van der Waals surface area contributed by atoms with Crippen LogP contribution in [0.1, 0.15) is 53.8 Å². The number of methoxy groups -OCH3 is 1. The third kappa shape index (κ3) is 7.68. The number of likely N-dealkylation sites (tertiary alicyclic amines) is 1. The predicted octanol–water partition coefficient (Wildman–Crippen LogP) is 3.74. The number of nitrogens with zero attached hydrogens (tertiary/aromatic N) is 1. The summed E-state index contributed by atoms with van der Waals surface area (Å²) >= 11 is 0. The zero-order valence-electron chi connectivity index (χ0n) is 26.0. The summed E-state index contributed by atoms with van der Waals surface area (Å²) in [7, 11) is -2.73. The van der Waals surface area contributed by atoms with E-state index in [1.807, 2.05) is 0 Å². The van der Waals surface area contributed by atoms with Gasteiger partial charge in [-0.3, -0.25) is 19.2 Å². The number of primary amides is 1. The number of nitrogens with two attached hydrogens (primary N) is 1. The Morgan fingerprint density at radius 3 is 2.36 bits per heavy atom. The number of ether oxygens (including phenoxy) is 2. The Kier molecular flexibility index (Phi) is 10.5. The van der Waals surface area contributed by atoms with Crippen LogP contribution < -0.4 is 21.1 Å². The van der Waals surface area contributed by atoms with E-state index in [1.165, 1.54) is 49.3 Å². The molecule has 1 heterocycles.